The van der Waals surface area contributed by atoms with Crippen molar-refractivity contribution < 1.29 is 0 Å². The molecule has 1 aromatic heterocycles. The Balaban J connectivity index is 1.52. The van der Waals surface area contributed by atoms with E-state index in [9.17, 15) is 9.59 Å². The normalized spacial score (nSPS) is 15.4. The van der Waals surface area contributed by atoms with Crippen molar-refractivity contribution in [3.05, 3.63) is 133 Å². The quantitative estimate of drug-likeness (QED) is 0.395. The Kier molecular flexibility index (Phi) is 7.79. The van der Waals surface area contributed by atoms with E-state index >= 15 is 0 Å². The molecule has 196 valence electrons. The van der Waals surface area contributed by atoms with Crippen LogP contribution in [-0.4, -0.2) is 45.1 Å². The van der Waals surface area contributed by atoms with Crippen LogP contribution in [-0.2, 0) is 20.1 Å². The zero-order valence-corrected chi connectivity index (χ0v) is 22.2. The zero-order valence-electron chi connectivity index (χ0n) is 21.5. The Morgan fingerprint density at radius 2 is 1.34 bits per heavy atom. The van der Waals surface area contributed by atoms with Crippen LogP contribution in [0.25, 0.3) is 0 Å². The molecule has 3 aromatic carbocycles. The number of nitrogen functional groups attached to an aromatic ring is 1. The number of piperazine rings is 1. The molecule has 2 N–H and O–H groups in total. The minimum atomic E-state index is -0.428. The Bertz CT molecular complexity index is 1490. The fourth-order valence-electron chi connectivity index (χ4n) is 5.21. The van der Waals surface area contributed by atoms with E-state index in [1.807, 2.05) is 60.7 Å². The van der Waals surface area contributed by atoms with Crippen molar-refractivity contribution in [2.24, 2.45) is 7.05 Å². The van der Waals surface area contributed by atoms with Crippen molar-refractivity contribution in [1.29, 1.82) is 0 Å². The molecule has 1 fully saturated rings. The largest absolute Gasteiger partial charge is 0.385 e. The van der Waals surface area contributed by atoms with Gasteiger partial charge in [0, 0.05) is 44.8 Å². The van der Waals surface area contributed by atoms with E-state index in [1.165, 1.54) is 21.7 Å². The fraction of sp³-hybridized carbons (Fsp3) is 0.267. The molecular weight excluding hydrogens is 498 g/mol. The molecule has 7 nitrogen and oxygen atoms in total. The molecule has 0 radical (unpaired) electrons. The number of rotatable bonds is 7. The van der Waals surface area contributed by atoms with E-state index in [2.05, 4.69) is 34.1 Å². The smallest absolute Gasteiger partial charge is 0.332 e. The number of benzene rings is 3. The Morgan fingerprint density at radius 1 is 0.789 bits per heavy atom. The topological polar surface area (TPSA) is 76.5 Å². The predicted octanol–water partition coefficient (Wildman–Crippen LogP) is 3.74. The van der Waals surface area contributed by atoms with E-state index in [4.69, 9.17) is 17.3 Å². The second-order valence-corrected chi connectivity index (χ2v) is 10.2. The third-order valence-electron chi connectivity index (χ3n) is 7.28. The van der Waals surface area contributed by atoms with Gasteiger partial charge < -0.3 is 5.73 Å². The summed E-state index contributed by atoms with van der Waals surface area (Å²) < 4.78 is 2.67. The number of hydrogen-bond acceptors (Lipinski definition) is 5. The van der Waals surface area contributed by atoms with E-state index in [-0.39, 0.29) is 17.9 Å². The highest BCUT2D eigenvalue weighted by molar-refractivity contribution is 6.30. The molecule has 1 atom stereocenters. The van der Waals surface area contributed by atoms with Crippen molar-refractivity contribution >= 4 is 17.4 Å². The first kappa shape index (κ1) is 26.0. The summed E-state index contributed by atoms with van der Waals surface area (Å²) in [5.74, 6) is 0.202. The van der Waals surface area contributed by atoms with Gasteiger partial charge in [0.2, 0.25) is 0 Å². The lowest BCUT2D eigenvalue weighted by molar-refractivity contribution is 0.104. The van der Waals surface area contributed by atoms with Gasteiger partial charge >= 0.3 is 5.69 Å². The summed E-state index contributed by atoms with van der Waals surface area (Å²) >= 11 is 6.21. The van der Waals surface area contributed by atoms with Gasteiger partial charge in [-0.25, -0.2) is 4.79 Å². The van der Waals surface area contributed by atoms with Crippen molar-refractivity contribution in [2.45, 2.75) is 19.1 Å². The number of aromatic nitrogens is 2. The van der Waals surface area contributed by atoms with Gasteiger partial charge in [-0.1, -0.05) is 84.4 Å². The van der Waals surface area contributed by atoms with E-state index in [0.717, 1.165) is 43.9 Å². The molecule has 0 aliphatic carbocycles. The number of hydrogen-bond donors (Lipinski definition) is 1. The van der Waals surface area contributed by atoms with Crippen molar-refractivity contribution in [1.82, 2.24) is 18.9 Å². The van der Waals surface area contributed by atoms with Crippen molar-refractivity contribution in [3.63, 3.8) is 0 Å². The maximum Gasteiger partial charge on any atom is 0.332 e. The lowest BCUT2D eigenvalue weighted by atomic mass is 9.97. The standard InChI is InChI=1S/C30H32ClN5O2/c1-33-29(37)26(28(32)36(30(33)38)21-23-10-6-3-7-11-23)27(24-12-14-25(31)15-13-24)35-18-16-34(17-19-35)20-22-8-4-2-5-9-22/h2-15,27H,16-21,32H2,1H3. The molecule has 0 bridgehead atoms. The van der Waals surface area contributed by atoms with Gasteiger partial charge in [-0.05, 0) is 28.8 Å². The summed E-state index contributed by atoms with van der Waals surface area (Å²) in [4.78, 5) is 31.5. The maximum absolute atomic E-state index is 13.7. The van der Waals surface area contributed by atoms with Crippen molar-refractivity contribution in [3.8, 4) is 0 Å². The Morgan fingerprint density at radius 3 is 1.92 bits per heavy atom. The van der Waals surface area contributed by atoms with Gasteiger partial charge in [-0.2, -0.15) is 0 Å². The average molecular weight is 530 g/mol. The van der Waals surface area contributed by atoms with Crippen LogP contribution in [0.15, 0.2) is 94.5 Å². The maximum atomic E-state index is 13.7. The highest BCUT2D eigenvalue weighted by Crippen LogP contribution is 2.31. The molecule has 0 amide bonds. The number of anilines is 1. The summed E-state index contributed by atoms with van der Waals surface area (Å²) in [5, 5.41) is 0.620. The predicted molar refractivity (Wildman–Crippen MR) is 152 cm³/mol. The van der Waals surface area contributed by atoms with Gasteiger partial charge in [0.05, 0.1) is 18.2 Å². The van der Waals surface area contributed by atoms with Crippen LogP contribution in [0.1, 0.15) is 28.3 Å². The van der Waals surface area contributed by atoms with Crippen LogP contribution >= 0.6 is 11.6 Å². The third-order valence-corrected chi connectivity index (χ3v) is 7.54. The minimum Gasteiger partial charge on any atom is -0.385 e. The molecule has 5 rings (SSSR count). The monoisotopic (exact) mass is 529 g/mol. The molecule has 0 spiro atoms. The van der Waals surface area contributed by atoms with E-state index in [0.29, 0.717) is 10.6 Å². The van der Waals surface area contributed by atoms with Gasteiger partial charge in [-0.15, -0.1) is 0 Å². The Hall–Kier alpha value is -3.65. The summed E-state index contributed by atoms with van der Waals surface area (Å²) in [5.41, 5.74) is 9.44. The zero-order chi connectivity index (χ0) is 26.6. The lowest BCUT2D eigenvalue weighted by Gasteiger charge is -2.40. The van der Waals surface area contributed by atoms with Crippen LogP contribution in [0.4, 0.5) is 5.82 Å². The van der Waals surface area contributed by atoms with Crippen LogP contribution in [0, 0.1) is 0 Å². The molecule has 1 saturated heterocycles. The average Bonchev–Trinajstić information content (AvgIpc) is 2.95. The minimum absolute atomic E-state index is 0.202. The lowest BCUT2D eigenvalue weighted by Crippen LogP contribution is -2.50. The molecule has 1 aliphatic heterocycles. The fourth-order valence-corrected chi connectivity index (χ4v) is 5.33. The SMILES string of the molecule is Cn1c(=O)c(C(c2ccc(Cl)cc2)N2CCN(Cc3ccccc3)CC2)c(N)n(Cc2ccccc2)c1=O. The first-order valence-corrected chi connectivity index (χ1v) is 13.2. The highest BCUT2D eigenvalue weighted by Gasteiger charge is 2.32. The molecule has 8 heteroatoms. The van der Waals surface area contributed by atoms with Crippen LogP contribution in [0.3, 0.4) is 0 Å². The highest BCUT2D eigenvalue weighted by atomic mass is 35.5. The number of nitrogens with two attached hydrogens (primary N) is 1. The van der Waals surface area contributed by atoms with E-state index < -0.39 is 11.7 Å². The number of halogens is 1. The molecule has 1 unspecified atom stereocenters. The molecule has 38 heavy (non-hydrogen) atoms. The second-order valence-electron chi connectivity index (χ2n) is 9.77. The molecular formula is C30H32ClN5O2. The summed E-state index contributed by atoms with van der Waals surface area (Å²) in [6.45, 7) is 4.36. The number of nitrogens with zero attached hydrogens (tertiary/aromatic N) is 4. The first-order valence-electron chi connectivity index (χ1n) is 12.8. The molecule has 1 aliphatic rings. The summed E-state index contributed by atoms with van der Waals surface area (Å²) in [6, 6.07) is 27.2. The van der Waals surface area contributed by atoms with Crippen LogP contribution in [0.2, 0.25) is 5.02 Å². The third kappa shape index (κ3) is 5.45. The Labute approximate surface area is 227 Å². The molecule has 2 heterocycles. The molecule has 0 saturated carbocycles. The van der Waals surface area contributed by atoms with Crippen LogP contribution < -0.4 is 17.0 Å². The van der Waals surface area contributed by atoms with Gasteiger partial charge in [-0.3, -0.25) is 23.7 Å². The summed E-state index contributed by atoms with van der Waals surface area (Å²) in [7, 11) is 1.52. The van der Waals surface area contributed by atoms with Gasteiger partial charge in [0.25, 0.3) is 5.56 Å². The summed E-state index contributed by atoms with van der Waals surface area (Å²) in [6.07, 6.45) is 0. The first-order chi connectivity index (χ1) is 18.4. The molecule has 4 aromatic rings. The second kappa shape index (κ2) is 11.4. The van der Waals surface area contributed by atoms with Gasteiger partial charge in [0.1, 0.15) is 5.82 Å². The van der Waals surface area contributed by atoms with Crippen molar-refractivity contribution in [2.75, 3.05) is 31.9 Å². The van der Waals surface area contributed by atoms with E-state index in [1.54, 1.807) is 0 Å². The van der Waals surface area contributed by atoms with Crippen LogP contribution in [0.5, 0.6) is 0 Å². The van der Waals surface area contributed by atoms with Gasteiger partial charge in [0.15, 0.2) is 0 Å².